The molecule has 0 bridgehead atoms. The second-order valence-electron chi connectivity index (χ2n) is 3.19. The number of likely N-dealkylation sites (tertiary alicyclic amines) is 1. The number of nitrogens with zero attached hydrogens (tertiary/aromatic N) is 1. The zero-order valence-corrected chi connectivity index (χ0v) is 8.28. The van der Waals surface area contributed by atoms with E-state index in [1.165, 1.54) is 0 Å². The van der Waals surface area contributed by atoms with Gasteiger partial charge in [0.1, 0.15) is 0 Å². The van der Waals surface area contributed by atoms with Crippen LogP contribution in [0.5, 0.6) is 0 Å². The molecule has 1 fully saturated rings. The third-order valence-electron chi connectivity index (χ3n) is 2.22. The van der Waals surface area contributed by atoms with Gasteiger partial charge in [-0.05, 0) is 13.3 Å². The summed E-state index contributed by atoms with van der Waals surface area (Å²) in [7, 11) is 1.71. The number of hydrogen-bond donors (Lipinski definition) is 0. The second kappa shape index (κ2) is 5.19. The van der Waals surface area contributed by atoms with Crippen LogP contribution in [0.1, 0.15) is 13.3 Å². The van der Waals surface area contributed by atoms with Crippen molar-refractivity contribution in [3.8, 4) is 0 Å². The zero-order valence-electron chi connectivity index (χ0n) is 8.28. The average Bonchev–Trinajstić information content (AvgIpc) is 2.52. The van der Waals surface area contributed by atoms with E-state index in [9.17, 15) is 4.79 Å². The lowest BCUT2D eigenvalue weighted by Crippen LogP contribution is -2.30. The highest BCUT2D eigenvalue weighted by Crippen LogP contribution is 2.10. The Kier molecular flexibility index (Phi) is 4.18. The van der Waals surface area contributed by atoms with Gasteiger partial charge >= 0.3 is 5.97 Å². The highest BCUT2D eigenvalue weighted by Gasteiger charge is 2.23. The van der Waals surface area contributed by atoms with E-state index < -0.39 is 0 Å². The lowest BCUT2D eigenvalue weighted by Gasteiger charge is -2.13. The molecular formula is C9H17NO3. The molecule has 0 radical (unpaired) electrons. The quantitative estimate of drug-likeness (QED) is 0.592. The summed E-state index contributed by atoms with van der Waals surface area (Å²) < 4.78 is 10.0. The lowest BCUT2D eigenvalue weighted by atomic mass is 10.3. The molecular weight excluding hydrogens is 170 g/mol. The van der Waals surface area contributed by atoms with Crippen molar-refractivity contribution in [3.63, 3.8) is 0 Å². The fourth-order valence-corrected chi connectivity index (χ4v) is 1.52. The first kappa shape index (κ1) is 10.5. The summed E-state index contributed by atoms with van der Waals surface area (Å²) in [6, 6.07) is 0. The summed E-state index contributed by atoms with van der Waals surface area (Å²) in [5, 5.41) is 0. The first-order valence-corrected chi connectivity index (χ1v) is 4.67. The number of methoxy groups -OCH3 is 1. The Balaban J connectivity index is 2.19. The summed E-state index contributed by atoms with van der Waals surface area (Å²) in [5.74, 6) is -0.140. The Hall–Kier alpha value is -0.610. The smallest absolute Gasteiger partial charge is 0.320 e. The van der Waals surface area contributed by atoms with Gasteiger partial charge in [-0.15, -0.1) is 0 Å². The predicted molar refractivity (Wildman–Crippen MR) is 48.5 cm³/mol. The summed E-state index contributed by atoms with van der Waals surface area (Å²) in [6.45, 7) is 4.44. The fraction of sp³-hybridized carbons (Fsp3) is 0.889. The van der Waals surface area contributed by atoms with Crippen molar-refractivity contribution in [1.29, 1.82) is 0 Å². The molecule has 1 aliphatic heterocycles. The Labute approximate surface area is 78.8 Å². The van der Waals surface area contributed by atoms with E-state index in [4.69, 9.17) is 9.47 Å². The molecule has 1 saturated heterocycles. The third-order valence-corrected chi connectivity index (χ3v) is 2.22. The number of rotatable bonds is 4. The van der Waals surface area contributed by atoms with E-state index in [0.29, 0.717) is 13.2 Å². The number of carbonyl (C=O) groups is 1. The van der Waals surface area contributed by atoms with Gasteiger partial charge in [0.25, 0.3) is 0 Å². The number of hydrogen-bond acceptors (Lipinski definition) is 4. The van der Waals surface area contributed by atoms with E-state index in [1.807, 2.05) is 6.92 Å². The number of ether oxygens (including phenoxy) is 2. The molecule has 76 valence electrons. The molecule has 0 spiro atoms. The highest BCUT2D eigenvalue weighted by molar-refractivity contribution is 5.71. The summed E-state index contributed by atoms with van der Waals surface area (Å²) >= 11 is 0. The van der Waals surface area contributed by atoms with Crippen LogP contribution in [0.4, 0.5) is 0 Å². The Bertz CT molecular complexity index is 172. The normalized spacial score (nSPS) is 23.4. The van der Waals surface area contributed by atoms with Crippen LogP contribution in [0, 0.1) is 0 Å². The largest absolute Gasteiger partial charge is 0.465 e. The maximum atomic E-state index is 11.1. The first-order chi connectivity index (χ1) is 6.26. The first-order valence-electron chi connectivity index (χ1n) is 4.67. The van der Waals surface area contributed by atoms with Crippen LogP contribution in [-0.4, -0.2) is 50.3 Å². The molecule has 0 amide bonds. The standard InChI is InChI=1S/C9H17NO3/c1-3-13-9(11)7-10-5-4-8(6-10)12-2/h8H,3-7H2,1-2H3/t8-/m0/s1. The Morgan fingerprint density at radius 2 is 2.38 bits per heavy atom. The minimum absolute atomic E-state index is 0.140. The minimum atomic E-state index is -0.140. The molecule has 1 rings (SSSR count). The topological polar surface area (TPSA) is 38.8 Å². The van der Waals surface area contributed by atoms with Crippen LogP contribution < -0.4 is 0 Å². The van der Waals surface area contributed by atoms with E-state index in [1.54, 1.807) is 7.11 Å². The van der Waals surface area contributed by atoms with Crippen LogP contribution in [0.2, 0.25) is 0 Å². The monoisotopic (exact) mass is 187 g/mol. The van der Waals surface area contributed by atoms with Gasteiger partial charge in [0.05, 0.1) is 19.3 Å². The van der Waals surface area contributed by atoms with Gasteiger partial charge in [-0.1, -0.05) is 0 Å². The zero-order chi connectivity index (χ0) is 9.68. The van der Waals surface area contributed by atoms with Gasteiger partial charge in [-0.2, -0.15) is 0 Å². The van der Waals surface area contributed by atoms with Crippen molar-refractivity contribution in [3.05, 3.63) is 0 Å². The van der Waals surface area contributed by atoms with E-state index >= 15 is 0 Å². The molecule has 0 unspecified atom stereocenters. The Morgan fingerprint density at radius 3 is 2.92 bits per heavy atom. The summed E-state index contributed by atoms with van der Waals surface area (Å²) in [6.07, 6.45) is 1.30. The SMILES string of the molecule is CCOC(=O)CN1CC[C@H](OC)C1. The molecule has 0 aromatic rings. The van der Waals surface area contributed by atoms with Crippen molar-refractivity contribution in [2.45, 2.75) is 19.4 Å². The van der Waals surface area contributed by atoms with Gasteiger partial charge in [-0.25, -0.2) is 0 Å². The van der Waals surface area contributed by atoms with Crippen LogP contribution in [0.15, 0.2) is 0 Å². The minimum Gasteiger partial charge on any atom is -0.465 e. The summed E-state index contributed by atoms with van der Waals surface area (Å²) in [4.78, 5) is 13.2. The molecule has 1 heterocycles. The maximum Gasteiger partial charge on any atom is 0.320 e. The second-order valence-corrected chi connectivity index (χ2v) is 3.19. The van der Waals surface area contributed by atoms with Gasteiger partial charge in [0.2, 0.25) is 0 Å². The van der Waals surface area contributed by atoms with Gasteiger partial charge in [0.15, 0.2) is 0 Å². The molecule has 0 aliphatic carbocycles. The molecule has 0 N–H and O–H groups in total. The van der Waals surface area contributed by atoms with E-state index in [0.717, 1.165) is 19.5 Å². The molecule has 4 nitrogen and oxygen atoms in total. The van der Waals surface area contributed by atoms with E-state index in [2.05, 4.69) is 4.90 Å². The van der Waals surface area contributed by atoms with E-state index in [-0.39, 0.29) is 12.1 Å². The van der Waals surface area contributed by atoms with Gasteiger partial charge in [-0.3, -0.25) is 9.69 Å². The molecule has 13 heavy (non-hydrogen) atoms. The van der Waals surface area contributed by atoms with Crippen LogP contribution in [0.3, 0.4) is 0 Å². The molecule has 0 saturated carbocycles. The predicted octanol–water partition coefficient (Wildman–Crippen LogP) is 0.270. The van der Waals surface area contributed by atoms with Gasteiger partial charge in [0, 0.05) is 20.2 Å². The van der Waals surface area contributed by atoms with Crippen molar-refractivity contribution in [1.82, 2.24) is 4.90 Å². The summed E-state index contributed by atoms with van der Waals surface area (Å²) in [5.41, 5.74) is 0. The van der Waals surface area contributed by atoms with Crippen LogP contribution in [-0.2, 0) is 14.3 Å². The number of esters is 1. The van der Waals surface area contributed by atoms with Crippen molar-refractivity contribution >= 4 is 5.97 Å². The molecule has 4 heteroatoms. The molecule has 1 atom stereocenters. The third kappa shape index (κ3) is 3.32. The van der Waals surface area contributed by atoms with Gasteiger partial charge < -0.3 is 9.47 Å². The number of carbonyl (C=O) groups excluding carboxylic acids is 1. The fourth-order valence-electron chi connectivity index (χ4n) is 1.52. The molecule has 1 aliphatic rings. The molecule has 0 aromatic heterocycles. The highest BCUT2D eigenvalue weighted by atomic mass is 16.5. The van der Waals surface area contributed by atoms with Crippen molar-refractivity contribution in [2.75, 3.05) is 33.4 Å². The van der Waals surface area contributed by atoms with Crippen molar-refractivity contribution in [2.24, 2.45) is 0 Å². The maximum absolute atomic E-state index is 11.1. The van der Waals surface area contributed by atoms with Crippen LogP contribution in [0.25, 0.3) is 0 Å². The van der Waals surface area contributed by atoms with Crippen molar-refractivity contribution < 1.29 is 14.3 Å². The average molecular weight is 187 g/mol. The van der Waals surface area contributed by atoms with Crippen LogP contribution >= 0.6 is 0 Å². The lowest BCUT2D eigenvalue weighted by molar-refractivity contribution is -0.144. The Morgan fingerprint density at radius 1 is 1.62 bits per heavy atom. The molecule has 0 aromatic carbocycles.